The Bertz CT molecular complexity index is 812. The third kappa shape index (κ3) is 2.60. The zero-order valence-electron chi connectivity index (χ0n) is 13.4. The molecule has 6 nitrogen and oxygen atoms in total. The monoisotopic (exact) mass is 330 g/mol. The van der Waals surface area contributed by atoms with E-state index < -0.39 is 5.92 Å². The highest BCUT2D eigenvalue weighted by Gasteiger charge is 2.34. The van der Waals surface area contributed by atoms with Crippen LogP contribution in [0.15, 0.2) is 24.3 Å². The first-order valence-electron chi connectivity index (χ1n) is 7.50. The Morgan fingerprint density at radius 3 is 2.58 bits per heavy atom. The molecule has 3 N–H and O–H groups in total. The van der Waals surface area contributed by atoms with Crippen LogP contribution in [0.2, 0.25) is 0 Å². The maximum absolute atomic E-state index is 12.7. The summed E-state index contributed by atoms with van der Waals surface area (Å²) < 4.78 is 10.6. The third-order valence-corrected chi connectivity index (χ3v) is 4.29. The van der Waals surface area contributed by atoms with Gasteiger partial charge in [0.15, 0.2) is 5.78 Å². The fourth-order valence-electron chi connectivity index (χ4n) is 2.87. The molecule has 0 aromatic heterocycles. The smallest absolute Gasteiger partial charge is 0.177 e. The number of fused-ring (bicyclic) bond motifs is 1. The Hall–Kier alpha value is -2.89. The molecular formula is C18H18O6. The minimum Gasteiger partial charge on any atom is -0.508 e. The summed E-state index contributed by atoms with van der Waals surface area (Å²) >= 11 is 0. The number of methoxy groups -OCH3 is 1. The average molecular weight is 330 g/mol. The van der Waals surface area contributed by atoms with Gasteiger partial charge >= 0.3 is 0 Å². The number of Topliss-reactive ketones (excluding diaryl/α,β-unsaturated/α-hetero) is 1. The maximum atomic E-state index is 12.7. The van der Waals surface area contributed by atoms with Crippen molar-refractivity contribution in [3.05, 3.63) is 41.0 Å². The standard InChI is InChI=1S/C18H18O6/c1-9-13(19)7-15(21)16-17(22)11(8-24-18(9)16)5-10-3-4-12(23-2)6-14(10)20/h3-4,6-7,11,19-21H,5,8H2,1-2H3/t11-/m1/s1. The van der Waals surface area contributed by atoms with Gasteiger partial charge in [0, 0.05) is 17.7 Å². The first-order valence-corrected chi connectivity index (χ1v) is 7.50. The molecule has 1 heterocycles. The van der Waals surface area contributed by atoms with Gasteiger partial charge in [0.2, 0.25) is 0 Å². The number of carbonyl (C=O) groups is 1. The van der Waals surface area contributed by atoms with Gasteiger partial charge in [-0.3, -0.25) is 4.79 Å². The molecule has 1 aliphatic heterocycles. The number of hydrogen-bond donors (Lipinski definition) is 3. The fourth-order valence-corrected chi connectivity index (χ4v) is 2.87. The highest BCUT2D eigenvalue weighted by atomic mass is 16.5. The number of benzene rings is 2. The number of ketones is 1. The van der Waals surface area contributed by atoms with Crippen molar-refractivity contribution in [2.75, 3.05) is 13.7 Å². The van der Waals surface area contributed by atoms with E-state index in [2.05, 4.69) is 0 Å². The highest BCUT2D eigenvalue weighted by molar-refractivity contribution is 6.04. The predicted molar refractivity (Wildman–Crippen MR) is 86.2 cm³/mol. The van der Waals surface area contributed by atoms with Crippen molar-refractivity contribution in [3.63, 3.8) is 0 Å². The number of rotatable bonds is 3. The second-order valence-corrected chi connectivity index (χ2v) is 5.81. The van der Waals surface area contributed by atoms with Crippen molar-refractivity contribution in [2.24, 2.45) is 5.92 Å². The van der Waals surface area contributed by atoms with Crippen LogP contribution in [0.1, 0.15) is 21.5 Å². The van der Waals surface area contributed by atoms with Crippen LogP contribution in [-0.2, 0) is 6.42 Å². The molecular weight excluding hydrogens is 312 g/mol. The van der Waals surface area contributed by atoms with Crippen molar-refractivity contribution < 1.29 is 29.6 Å². The van der Waals surface area contributed by atoms with E-state index in [9.17, 15) is 20.1 Å². The summed E-state index contributed by atoms with van der Waals surface area (Å²) in [5.74, 6) is -0.450. The van der Waals surface area contributed by atoms with Gasteiger partial charge in [0.1, 0.15) is 34.3 Å². The van der Waals surface area contributed by atoms with E-state index in [0.717, 1.165) is 6.07 Å². The number of carbonyl (C=O) groups excluding carboxylic acids is 1. The van der Waals surface area contributed by atoms with Gasteiger partial charge in [0.05, 0.1) is 19.6 Å². The largest absolute Gasteiger partial charge is 0.508 e. The molecule has 2 aromatic carbocycles. The van der Waals surface area contributed by atoms with Crippen LogP contribution in [0, 0.1) is 12.8 Å². The summed E-state index contributed by atoms with van der Waals surface area (Å²) in [5.41, 5.74) is 1.09. The topological polar surface area (TPSA) is 96.2 Å². The predicted octanol–water partition coefficient (Wildman–Crippen LogP) is 2.55. The minimum absolute atomic E-state index is 0.0408. The molecule has 0 saturated heterocycles. The van der Waals surface area contributed by atoms with Crippen LogP contribution in [0.3, 0.4) is 0 Å². The van der Waals surface area contributed by atoms with E-state index in [0.29, 0.717) is 16.9 Å². The maximum Gasteiger partial charge on any atom is 0.177 e. The molecule has 1 aliphatic rings. The molecule has 126 valence electrons. The molecule has 0 bridgehead atoms. The summed E-state index contributed by atoms with van der Waals surface area (Å²) in [4.78, 5) is 12.7. The molecule has 0 radical (unpaired) electrons. The van der Waals surface area contributed by atoms with Gasteiger partial charge in [-0.05, 0) is 25.0 Å². The quantitative estimate of drug-likeness (QED) is 0.800. The Labute approximate surface area is 138 Å². The molecule has 0 fully saturated rings. The normalized spacial score (nSPS) is 16.4. The number of aromatic hydroxyl groups is 3. The van der Waals surface area contributed by atoms with Gasteiger partial charge < -0.3 is 24.8 Å². The summed E-state index contributed by atoms with van der Waals surface area (Å²) in [6.45, 7) is 1.73. The second kappa shape index (κ2) is 5.96. The number of phenols is 3. The zero-order valence-corrected chi connectivity index (χ0v) is 13.4. The zero-order chi connectivity index (χ0) is 17.4. The molecule has 24 heavy (non-hydrogen) atoms. The molecule has 6 heteroatoms. The molecule has 0 amide bonds. The molecule has 0 spiro atoms. The second-order valence-electron chi connectivity index (χ2n) is 5.81. The molecule has 1 atom stereocenters. The van der Waals surface area contributed by atoms with Crippen molar-refractivity contribution >= 4 is 5.78 Å². The van der Waals surface area contributed by atoms with E-state index in [1.807, 2.05) is 0 Å². The summed E-state index contributed by atoms with van der Waals surface area (Å²) in [6, 6.07) is 6.02. The lowest BCUT2D eigenvalue weighted by Crippen LogP contribution is -2.30. The van der Waals surface area contributed by atoms with E-state index >= 15 is 0 Å². The van der Waals surface area contributed by atoms with Crippen LogP contribution in [0.5, 0.6) is 28.7 Å². The van der Waals surface area contributed by atoms with Crippen molar-refractivity contribution in [1.82, 2.24) is 0 Å². The van der Waals surface area contributed by atoms with Crippen molar-refractivity contribution in [3.8, 4) is 28.7 Å². The van der Waals surface area contributed by atoms with E-state index in [4.69, 9.17) is 9.47 Å². The van der Waals surface area contributed by atoms with E-state index in [1.165, 1.54) is 13.2 Å². The van der Waals surface area contributed by atoms with Crippen LogP contribution < -0.4 is 9.47 Å². The Balaban J connectivity index is 1.91. The van der Waals surface area contributed by atoms with Gasteiger partial charge in [-0.25, -0.2) is 0 Å². The molecule has 3 rings (SSSR count). The van der Waals surface area contributed by atoms with Gasteiger partial charge in [-0.1, -0.05) is 6.07 Å². The minimum atomic E-state index is -0.536. The Morgan fingerprint density at radius 1 is 1.17 bits per heavy atom. The van der Waals surface area contributed by atoms with E-state index in [-0.39, 0.29) is 47.4 Å². The Morgan fingerprint density at radius 2 is 1.92 bits per heavy atom. The lowest BCUT2D eigenvalue weighted by atomic mass is 9.87. The lowest BCUT2D eigenvalue weighted by molar-refractivity contribution is 0.0824. The van der Waals surface area contributed by atoms with Crippen molar-refractivity contribution in [2.45, 2.75) is 13.3 Å². The highest BCUT2D eigenvalue weighted by Crippen LogP contribution is 2.42. The fraction of sp³-hybridized carbons (Fsp3) is 0.278. The van der Waals surface area contributed by atoms with Crippen LogP contribution >= 0.6 is 0 Å². The Kier molecular flexibility index (Phi) is 3.97. The van der Waals surface area contributed by atoms with Crippen LogP contribution in [-0.4, -0.2) is 34.8 Å². The molecule has 0 saturated carbocycles. The van der Waals surface area contributed by atoms with Crippen LogP contribution in [0.4, 0.5) is 0 Å². The van der Waals surface area contributed by atoms with Gasteiger partial charge in [-0.2, -0.15) is 0 Å². The summed E-state index contributed by atoms with van der Waals surface area (Å²) in [7, 11) is 1.50. The summed E-state index contributed by atoms with van der Waals surface area (Å²) in [5, 5.41) is 29.8. The molecule has 2 aromatic rings. The third-order valence-electron chi connectivity index (χ3n) is 4.29. The first kappa shape index (κ1) is 16.0. The van der Waals surface area contributed by atoms with Crippen LogP contribution in [0.25, 0.3) is 0 Å². The van der Waals surface area contributed by atoms with Gasteiger partial charge in [0.25, 0.3) is 0 Å². The lowest BCUT2D eigenvalue weighted by Gasteiger charge is -2.26. The average Bonchev–Trinajstić information content (AvgIpc) is 2.55. The summed E-state index contributed by atoms with van der Waals surface area (Å²) in [6.07, 6.45) is 0.271. The van der Waals surface area contributed by atoms with E-state index in [1.54, 1.807) is 19.1 Å². The number of ether oxygens (including phenoxy) is 2. The number of phenolic OH excluding ortho intramolecular Hbond substituents is 3. The van der Waals surface area contributed by atoms with Gasteiger partial charge in [-0.15, -0.1) is 0 Å². The first-order chi connectivity index (χ1) is 11.4. The molecule has 0 unspecified atom stereocenters. The number of hydrogen-bond acceptors (Lipinski definition) is 6. The SMILES string of the molecule is COc1ccc(C[C@@H]2COc3c(C)c(O)cc(O)c3C2=O)c(O)c1. The molecule has 0 aliphatic carbocycles. The van der Waals surface area contributed by atoms with Crippen molar-refractivity contribution in [1.29, 1.82) is 0 Å².